The van der Waals surface area contributed by atoms with Crippen LogP contribution in [0.3, 0.4) is 0 Å². The second-order valence-corrected chi connectivity index (χ2v) is 11.3. The van der Waals surface area contributed by atoms with Crippen LogP contribution in [0.2, 0.25) is 0 Å². The lowest BCUT2D eigenvalue weighted by molar-refractivity contribution is -0.115. The molecule has 45 heavy (non-hydrogen) atoms. The highest BCUT2D eigenvalue weighted by molar-refractivity contribution is 6.00. The second kappa shape index (κ2) is 11.5. The Morgan fingerprint density at radius 3 is 2.56 bits per heavy atom. The number of pyridine rings is 1. The molecule has 0 spiro atoms. The molecule has 1 fully saturated rings. The lowest BCUT2D eigenvalue weighted by atomic mass is 10.1. The number of carbonyl (C=O) groups excluding carboxylic acids is 1. The summed E-state index contributed by atoms with van der Waals surface area (Å²) < 4.78 is 9.48. The summed E-state index contributed by atoms with van der Waals surface area (Å²) in [6.45, 7) is 3.87. The summed E-state index contributed by atoms with van der Waals surface area (Å²) in [6.07, 6.45) is 3.46. The van der Waals surface area contributed by atoms with Crippen LogP contribution in [-0.4, -0.2) is 80.4 Å². The SMILES string of the molecule is COc1cc(-c2nn(-c3ccc(N4CCN(C)CC4)nc3)c3ncnc(N)c23)ccc1NC(=O)Cc1cc2ccccc2n1C. The highest BCUT2D eigenvalue weighted by Gasteiger charge is 2.21. The third kappa shape index (κ3) is 5.29. The first-order valence-electron chi connectivity index (χ1n) is 14.8. The van der Waals surface area contributed by atoms with E-state index in [0.29, 0.717) is 34.0 Å². The number of nitrogens with zero attached hydrogens (tertiary/aromatic N) is 8. The Balaban J connectivity index is 1.17. The number of fused-ring (bicyclic) bond motifs is 2. The summed E-state index contributed by atoms with van der Waals surface area (Å²) in [6, 6.07) is 19.6. The van der Waals surface area contributed by atoms with Crippen LogP contribution in [0.5, 0.6) is 5.75 Å². The van der Waals surface area contributed by atoms with E-state index in [0.717, 1.165) is 59.8 Å². The van der Waals surface area contributed by atoms with Crippen molar-refractivity contribution in [2.45, 2.75) is 6.42 Å². The Kier molecular flexibility index (Phi) is 7.26. The largest absolute Gasteiger partial charge is 0.495 e. The Bertz CT molecular complexity index is 2020. The van der Waals surface area contributed by atoms with Crippen LogP contribution >= 0.6 is 0 Å². The zero-order valence-electron chi connectivity index (χ0n) is 25.4. The molecule has 3 N–H and O–H groups in total. The van der Waals surface area contributed by atoms with Gasteiger partial charge in [0, 0.05) is 50.0 Å². The maximum Gasteiger partial charge on any atom is 0.230 e. The molecule has 6 aromatic rings. The van der Waals surface area contributed by atoms with Gasteiger partial charge in [0.05, 0.1) is 36.5 Å². The minimum absolute atomic E-state index is 0.146. The summed E-state index contributed by atoms with van der Waals surface area (Å²) in [7, 11) is 5.67. The van der Waals surface area contributed by atoms with E-state index in [2.05, 4.69) is 32.1 Å². The van der Waals surface area contributed by atoms with Gasteiger partial charge in [0.15, 0.2) is 5.65 Å². The highest BCUT2D eigenvalue weighted by atomic mass is 16.5. The Morgan fingerprint density at radius 1 is 0.978 bits per heavy atom. The van der Waals surface area contributed by atoms with Crippen molar-refractivity contribution < 1.29 is 9.53 Å². The zero-order valence-corrected chi connectivity index (χ0v) is 25.4. The van der Waals surface area contributed by atoms with Crippen LogP contribution < -0.4 is 20.7 Å². The third-order valence-electron chi connectivity index (χ3n) is 8.44. The monoisotopic (exact) mass is 602 g/mol. The van der Waals surface area contributed by atoms with Gasteiger partial charge in [-0.2, -0.15) is 5.10 Å². The van der Waals surface area contributed by atoms with Gasteiger partial charge >= 0.3 is 0 Å². The number of likely N-dealkylation sites (N-methyl/N-ethyl adjacent to an activating group) is 1. The normalized spacial score (nSPS) is 13.9. The van der Waals surface area contributed by atoms with Crippen molar-refractivity contribution in [3.8, 4) is 22.7 Å². The fraction of sp³-hybridized carbons (Fsp3) is 0.242. The number of aryl methyl sites for hydroxylation is 1. The van der Waals surface area contributed by atoms with Crippen LogP contribution in [0.4, 0.5) is 17.3 Å². The zero-order chi connectivity index (χ0) is 31.1. The fourth-order valence-corrected chi connectivity index (χ4v) is 5.90. The Labute approximate surface area is 260 Å². The van der Waals surface area contributed by atoms with E-state index in [9.17, 15) is 4.79 Å². The number of amides is 1. The third-order valence-corrected chi connectivity index (χ3v) is 8.44. The number of hydrogen-bond acceptors (Lipinski definition) is 9. The molecule has 0 atom stereocenters. The maximum atomic E-state index is 13.1. The molecule has 1 amide bonds. The van der Waals surface area contributed by atoms with Crippen molar-refractivity contribution in [1.82, 2.24) is 34.2 Å². The quantitative estimate of drug-likeness (QED) is 0.279. The number of benzene rings is 2. The molecule has 12 nitrogen and oxygen atoms in total. The number of piperazine rings is 1. The van der Waals surface area contributed by atoms with Gasteiger partial charge in [-0.15, -0.1) is 0 Å². The van der Waals surface area contributed by atoms with Crippen molar-refractivity contribution in [2.24, 2.45) is 7.05 Å². The molecular weight excluding hydrogens is 568 g/mol. The summed E-state index contributed by atoms with van der Waals surface area (Å²) in [5.41, 5.74) is 11.6. The van der Waals surface area contributed by atoms with E-state index < -0.39 is 0 Å². The molecule has 4 aromatic heterocycles. The smallest absolute Gasteiger partial charge is 0.230 e. The van der Waals surface area contributed by atoms with Crippen molar-refractivity contribution >= 4 is 45.2 Å². The average molecular weight is 603 g/mol. The average Bonchev–Trinajstić information content (AvgIpc) is 3.60. The highest BCUT2D eigenvalue weighted by Crippen LogP contribution is 2.36. The minimum atomic E-state index is -0.146. The molecule has 5 heterocycles. The van der Waals surface area contributed by atoms with Gasteiger partial charge in [-0.25, -0.2) is 19.6 Å². The first kappa shape index (κ1) is 28.3. The fourth-order valence-electron chi connectivity index (χ4n) is 5.90. The molecule has 1 aliphatic rings. The van der Waals surface area contributed by atoms with Gasteiger partial charge in [0.1, 0.15) is 29.4 Å². The van der Waals surface area contributed by atoms with E-state index in [4.69, 9.17) is 20.6 Å². The van der Waals surface area contributed by atoms with Crippen LogP contribution in [0.25, 0.3) is 38.9 Å². The number of rotatable bonds is 7. The molecular formula is C33H34N10O2. The molecule has 0 bridgehead atoms. The lowest BCUT2D eigenvalue weighted by Crippen LogP contribution is -2.44. The maximum absolute atomic E-state index is 13.1. The molecule has 228 valence electrons. The van der Waals surface area contributed by atoms with Gasteiger partial charge in [-0.3, -0.25) is 4.79 Å². The molecule has 0 saturated carbocycles. The van der Waals surface area contributed by atoms with Gasteiger partial charge in [0.2, 0.25) is 5.91 Å². The number of aromatic nitrogens is 6. The topological polar surface area (TPSA) is 132 Å². The number of nitrogen functional groups attached to an aromatic ring is 1. The first-order chi connectivity index (χ1) is 21.9. The molecule has 12 heteroatoms. The van der Waals surface area contributed by atoms with Crippen molar-refractivity contribution in [3.63, 3.8) is 0 Å². The summed E-state index contributed by atoms with van der Waals surface area (Å²) in [4.78, 5) is 31.2. The Hall–Kier alpha value is -5.49. The van der Waals surface area contributed by atoms with Crippen molar-refractivity contribution in [1.29, 1.82) is 0 Å². The van der Waals surface area contributed by atoms with Crippen LogP contribution in [0, 0.1) is 0 Å². The van der Waals surface area contributed by atoms with Gasteiger partial charge < -0.3 is 30.2 Å². The summed E-state index contributed by atoms with van der Waals surface area (Å²) in [5.74, 6) is 1.59. The second-order valence-electron chi connectivity index (χ2n) is 11.3. The minimum Gasteiger partial charge on any atom is -0.495 e. The van der Waals surface area contributed by atoms with E-state index >= 15 is 0 Å². The number of para-hydroxylation sites is 1. The summed E-state index contributed by atoms with van der Waals surface area (Å²) in [5, 5.41) is 9.65. The van der Waals surface area contributed by atoms with E-state index in [1.807, 2.05) is 72.3 Å². The molecule has 0 aliphatic carbocycles. The number of hydrogen-bond donors (Lipinski definition) is 2. The van der Waals surface area contributed by atoms with Gasteiger partial charge in [-0.1, -0.05) is 24.3 Å². The number of nitrogens with one attached hydrogen (secondary N) is 1. The lowest BCUT2D eigenvalue weighted by Gasteiger charge is -2.33. The van der Waals surface area contributed by atoms with Crippen LogP contribution in [0.1, 0.15) is 5.69 Å². The van der Waals surface area contributed by atoms with Gasteiger partial charge in [0.25, 0.3) is 0 Å². The molecule has 1 saturated heterocycles. The van der Waals surface area contributed by atoms with Crippen LogP contribution in [0.15, 0.2) is 73.2 Å². The number of ether oxygens (including phenoxy) is 1. The number of methoxy groups -OCH3 is 1. The molecule has 7 rings (SSSR count). The predicted octanol–water partition coefficient (Wildman–Crippen LogP) is 3.89. The van der Waals surface area contributed by atoms with E-state index in [-0.39, 0.29) is 12.3 Å². The standard InChI is InChI=1S/C33H34N10O2/c1-40-12-14-42(15-13-40)28-11-9-23(19-35-28)43-33-30(32(34)36-20-37-33)31(39-43)22-8-10-25(27(17-22)45-3)38-29(44)18-24-16-21-6-4-5-7-26(21)41(24)2/h4-11,16-17,19-20H,12-15,18H2,1-3H3,(H,38,44)(H2,34,36,37). The van der Waals surface area contributed by atoms with Crippen molar-refractivity contribution in [2.75, 3.05) is 56.3 Å². The van der Waals surface area contributed by atoms with E-state index in [1.54, 1.807) is 18.0 Å². The van der Waals surface area contributed by atoms with Gasteiger partial charge in [-0.05, 0) is 48.8 Å². The van der Waals surface area contributed by atoms with Crippen LogP contribution in [-0.2, 0) is 18.3 Å². The molecule has 1 aliphatic heterocycles. The Morgan fingerprint density at radius 2 is 1.80 bits per heavy atom. The molecule has 0 radical (unpaired) electrons. The number of nitrogens with two attached hydrogens (primary N) is 1. The van der Waals surface area contributed by atoms with Crippen molar-refractivity contribution in [3.05, 3.63) is 78.9 Å². The molecule has 0 unspecified atom stereocenters. The molecule has 2 aromatic carbocycles. The number of carbonyl (C=O) groups is 1. The summed E-state index contributed by atoms with van der Waals surface area (Å²) >= 11 is 0. The number of anilines is 3. The predicted molar refractivity (Wildman–Crippen MR) is 176 cm³/mol. The van der Waals surface area contributed by atoms with E-state index in [1.165, 1.54) is 6.33 Å². The first-order valence-corrected chi connectivity index (χ1v) is 14.8.